The number of carboxylic acids is 3. The highest BCUT2D eigenvalue weighted by Crippen LogP contribution is 2.35. The fraction of sp³-hybridized carbons (Fsp3) is 0.857. The molecule has 196 valence electrons. The summed E-state index contributed by atoms with van der Waals surface area (Å²) in [5.41, 5.74) is -1.02. The second kappa shape index (κ2) is 16.1. The molecule has 0 aromatic heterocycles. The van der Waals surface area contributed by atoms with Crippen LogP contribution in [0.15, 0.2) is 0 Å². The van der Waals surface area contributed by atoms with Crippen molar-refractivity contribution in [2.24, 2.45) is 0 Å². The van der Waals surface area contributed by atoms with E-state index >= 15 is 0 Å². The zero-order valence-corrected chi connectivity index (χ0v) is 21.3. The average Bonchev–Trinajstić information content (AvgIpc) is 2.76. The van der Waals surface area contributed by atoms with Crippen LogP contribution < -0.4 is 0 Å². The van der Waals surface area contributed by atoms with Crippen LogP contribution in [0.25, 0.3) is 0 Å². The lowest BCUT2D eigenvalue weighted by Crippen LogP contribution is -2.54. The van der Waals surface area contributed by atoms with Gasteiger partial charge in [-0.1, -0.05) is 17.9 Å². The molecule has 1 aliphatic rings. The Hall–Kier alpha value is -1.69. The molecule has 12 nitrogen and oxygen atoms in total. The molecule has 1 heterocycles. The molecule has 1 saturated heterocycles. The van der Waals surface area contributed by atoms with E-state index in [1.807, 2.05) is 18.7 Å². The van der Waals surface area contributed by atoms with Crippen molar-refractivity contribution < 1.29 is 39.0 Å². The maximum absolute atomic E-state index is 12.5. The van der Waals surface area contributed by atoms with Crippen molar-refractivity contribution >= 4 is 26.4 Å². The third-order valence-corrected chi connectivity index (χ3v) is 6.87. The number of carboxylic acid groups (broad SMARTS) is 3. The van der Waals surface area contributed by atoms with Crippen molar-refractivity contribution in [3.05, 3.63) is 0 Å². The van der Waals surface area contributed by atoms with Gasteiger partial charge < -0.3 is 20.1 Å². The molecule has 13 heteroatoms. The minimum Gasteiger partial charge on any atom is -0.480 e. The molecule has 1 aliphatic heterocycles. The summed E-state index contributed by atoms with van der Waals surface area (Å²) < 4.78 is 18.5. The Morgan fingerprint density at radius 1 is 0.765 bits per heavy atom. The molecule has 2 unspecified atom stereocenters. The Kier molecular flexibility index (Phi) is 14.3. The number of hydrogen-bond donors (Lipinski definition) is 3. The van der Waals surface area contributed by atoms with Crippen molar-refractivity contribution in [2.45, 2.75) is 38.6 Å². The number of unbranched alkanes of at least 4 members (excludes halogenated alkanes) is 1. The van der Waals surface area contributed by atoms with Gasteiger partial charge in [0.1, 0.15) is 0 Å². The molecule has 34 heavy (non-hydrogen) atoms. The first-order valence-electron chi connectivity index (χ1n) is 11.8. The summed E-state index contributed by atoms with van der Waals surface area (Å²) in [5, 5.41) is 28.0. The summed E-state index contributed by atoms with van der Waals surface area (Å²) in [6.07, 6.45) is 2.24. The molecule has 0 aromatic rings. The van der Waals surface area contributed by atoms with Crippen molar-refractivity contribution in [2.75, 3.05) is 78.6 Å². The Labute approximate surface area is 202 Å². The molecule has 0 aliphatic carbocycles. The monoisotopic (exact) mass is 507 g/mol. The van der Waals surface area contributed by atoms with Crippen molar-refractivity contribution in [3.8, 4) is 0 Å². The van der Waals surface area contributed by atoms with Gasteiger partial charge in [0.15, 0.2) is 0 Å². The summed E-state index contributed by atoms with van der Waals surface area (Å²) >= 11 is 0. The van der Waals surface area contributed by atoms with Gasteiger partial charge in [0.2, 0.25) is 0 Å². The van der Waals surface area contributed by atoms with Crippen LogP contribution in [0.4, 0.5) is 0 Å². The van der Waals surface area contributed by atoms with E-state index in [9.17, 15) is 34.3 Å². The first-order valence-corrected chi connectivity index (χ1v) is 12.7. The van der Waals surface area contributed by atoms with Gasteiger partial charge in [-0.3, -0.25) is 29.1 Å². The van der Waals surface area contributed by atoms with E-state index in [1.165, 1.54) is 0 Å². The standard InChI is InChI=1S/C21H39N4O8P/c1-3-5-6-21(34-32,33-4-2)25-13-11-23(16-19(28)29)9-7-22(15-18(26)27)8-10-24(12-14-25)17-20(30)31/h3-17H2,1-2H3,(H,26,27)(H,28,29)(H,30,31)/p+1. The quantitative estimate of drug-likeness (QED) is 0.295. The Balaban J connectivity index is 3.22. The van der Waals surface area contributed by atoms with Gasteiger partial charge in [-0.2, -0.15) is 0 Å². The maximum atomic E-state index is 12.5. The molecule has 0 radical (unpaired) electrons. The number of rotatable bonds is 13. The van der Waals surface area contributed by atoms with Crippen LogP contribution in [0.2, 0.25) is 0 Å². The minimum atomic E-state index is -1.02. The molecule has 0 aromatic carbocycles. The van der Waals surface area contributed by atoms with E-state index in [-0.39, 0.29) is 19.6 Å². The number of nitrogens with zero attached hydrogens (tertiary/aromatic N) is 4. The molecule has 3 N–H and O–H groups in total. The lowest BCUT2D eigenvalue weighted by molar-refractivity contribution is -0.141. The van der Waals surface area contributed by atoms with Crippen LogP contribution in [-0.4, -0.2) is 137 Å². The summed E-state index contributed by atoms with van der Waals surface area (Å²) in [6.45, 7) is 6.43. The summed E-state index contributed by atoms with van der Waals surface area (Å²) in [4.78, 5) is 41.3. The Morgan fingerprint density at radius 2 is 1.15 bits per heavy atom. The van der Waals surface area contributed by atoms with Crippen LogP contribution in [0.1, 0.15) is 33.1 Å². The van der Waals surface area contributed by atoms with Gasteiger partial charge in [-0.15, -0.1) is 0 Å². The fourth-order valence-electron chi connectivity index (χ4n) is 4.07. The minimum absolute atomic E-state index is 0.198. The molecule has 0 bridgehead atoms. The normalized spacial score (nSPS) is 20.3. The first kappa shape index (κ1) is 30.3. The van der Waals surface area contributed by atoms with E-state index in [2.05, 4.69) is 0 Å². The van der Waals surface area contributed by atoms with Crippen LogP contribution >= 0.6 is 8.46 Å². The van der Waals surface area contributed by atoms with Gasteiger partial charge in [-0.25, -0.2) is 4.90 Å². The van der Waals surface area contributed by atoms with Crippen LogP contribution in [0.5, 0.6) is 0 Å². The topological polar surface area (TPSA) is 151 Å². The number of ether oxygens (including phenoxy) is 1. The van der Waals surface area contributed by atoms with Gasteiger partial charge in [0.05, 0.1) is 26.2 Å². The van der Waals surface area contributed by atoms with Gasteiger partial charge in [0, 0.05) is 58.8 Å². The smallest absolute Gasteiger partial charge is 0.377 e. The first-order chi connectivity index (χ1) is 16.2. The predicted octanol–water partition coefficient (Wildman–Crippen LogP) is 0.366. The van der Waals surface area contributed by atoms with E-state index in [0.717, 1.165) is 12.8 Å². The molecular formula is C21H40N4O8P+. The van der Waals surface area contributed by atoms with Crippen LogP contribution in [0, 0.1) is 0 Å². The van der Waals surface area contributed by atoms with E-state index in [0.29, 0.717) is 65.4 Å². The SMILES string of the molecule is CCCCC(OCC)([PH+]=O)N1CCN(CC(=O)O)CCN(CC(=O)O)CCN(CC(=O)O)CC1. The number of hydrogen-bond acceptors (Lipinski definition) is 9. The van der Waals surface area contributed by atoms with Gasteiger partial charge in [-0.05, 0) is 13.3 Å². The highest BCUT2D eigenvalue weighted by atomic mass is 31.1. The van der Waals surface area contributed by atoms with Gasteiger partial charge in [0.25, 0.3) is 0 Å². The summed E-state index contributed by atoms with van der Waals surface area (Å²) in [7, 11) is -0.766. The third-order valence-electron chi connectivity index (χ3n) is 5.84. The fourth-order valence-corrected chi connectivity index (χ4v) is 4.90. The van der Waals surface area contributed by atoms with Crippen LogP contribution in [-0.2, 0) is 23.7 Å². The molecule has 1 rings (SSSR count). The molecule has 0 spiro atoms. The second-order valence-corrected chi connectivity index (χ2v) is 9.41. The Morgan fingerprint density at radius 3 is 1.44 bits per heavy atom. The van der Waals surface area contributed by atoms with Crippen LogP contribution in [0.3, 0.4) is 0 Å². The Bertz CT molecular complexity index is 639. The molecule has 2 atom stereocenters. The largest absolute Gasteiger partial charge is 0.480 e. The second-order valence-electron chi connectivity index (χ2n) is 8.42. The zero-order valence-electron chi connectivity index (χ0n) is 20.3. The van der Waals surface area contributed by atoms with Crippen molar-refractivity contribution in [1.82, 2.24) is 19.6 Å². The van der Waals surface area contributed by atoms with E-state index < -0.39 is 31.8 Å². The molecular weight excluding hydrogens is 467 g/mol. The van der Waals surface area contributed by atoms with Gasteiger partial charge >= 0.3 is 31.8 Å². The average molecular weight is 508 g/mol. The van der Waals surface area contributed by atoms with Crippen molar-refractivity contribution in [1.29, 1.82) is 0 Å². The van der Waals surface area contributed by atoms with E-state index in [1.54, 1.807) is 14.7 Å². The highest BCUT2D eigenvalue weighted by Gasteiger charge is 2.45. The lowest BCUT2D eigenvalue weighted by Gasteiger charge is -2.37. The zero-order chi connectivity index (χ0) is 25.6. The summed E-state index contributed by atoms with van der Waals surface area (Å²) in [6, 6.07) is 0. The maximum Gasteiger partial charge on any atom is 0.377 e. The highest BCUT2D eigenvalue weighted by molar-refractivity contribution is 7.25. The molecule has 0 amide bonds. The van der Waals surface area contributed by atoms with E-state index in [4.69, 9.17) is 4.74 Å². The molecule has 1 fully saturated rings. The number of aliphatic carboxylic acids is 3. The predicted molar refractivity (Wildman–Crippen MR) is 127 cm³/mol. The third kappa shape index (κ3) is 11.2. The molecule has 0 saturated carbocycles. The number of carbonyl (C=O) groups is 3. The van der Waals surface area contributed by atoms with Crippen molar-refractivity contribution in [3.63, 3.8) is 0 Å². The summed E-state index contributed by atoms with van der Waals surface area (Å²) in [5.74, 6) is -2.96. The lowest BCUT2D eigenvalue weighted by atomic mass is 10.2.